The van der Waals surface area contributed by atoms with Crippen molar-refractivity contribution in [2.24, 2.45) is 5.73 Å². The molecule has 0 heterocycles. The van der Waals surface area contributed by atoms with Gasteiger partial charge in [-0.25, -0.2) is 0 Å². The molecule has 1 saturated carbocycles. The molecule has 1 aromatic rings. The first-order valence-corrected chi connectivity index (χ1v) is 6.15. The predicted molar refractivity (Wildman–Crippen MR) is 62.9 cm³/mol. The van der Waals surface area contributed by atoms with Crippen molar-refractivity contribution in [2.75, 3.05) is 0 Å². The molecule has 0 bridgehead atoms. The maximum absolute atomic E-state index is 6.15. The largest absolute Gasteiger partial charge is 0.325 e. The van der Waals surface area contributed by atoms with E-state index in [0.717, 1.165) is 6.42 Å². The van der Waals surface area contributed by atoms with Gasteiger partial charge < -0.3 is 5.73 Å². The number of nitrogens with two attached hydrogens (primary N) is 1. The van der Waals surface area contributed by atoms with Crippen molar-refractivity contribution in [1.29, 1.82) is 0 Å². The van der Waals surface area contributed by atoms with Crippen LogP contribution in [0.2, 0.25) is 0 Å². The molecule has 0 aliphatic heterocycles. The molecule has 0 radical (unpaired) electrons. The summed E-state index contributed by atoms with van der Waals surface area (Å²) in [6, 6.07) is 7.02. The van der Waals surface area contributed by atoms with E-state index in [1.54, 1.807) is 11.1 Å². The van der Waals surface area contributed by atoms with Gasteiger partial charge in [0.05, 0.1) is 0 Å². The van der Waals surface area contributed by atoms with Crippen LogP contribution in [-0.4, -0.2) is 5.54 Å². The van der Waals surface area contributed by atoms with Gasteiger partial charge in [-0.3, -0.25) is 0 Å². The lowest BCUT2D eigenvalue weighted by atomic mass is 9.89. The molecule has 0 saturated heterocycles. The maximum atomic E-state index is 6.15. The number of fused-ring (bicyclic) bond motifs is 1. The summed E-state index contributed by atoms with van der Waals surface area (Å²) < 4.78 is 0. The Kier molecular flexibility index (Phi) is 2.10. The molecule has 1 nitrogen and oxygen atoms in total. The van der Waals surface area contributed by atoms with Crippen LogP contribution in [0.3, 0.4) is 0 Å². The second-order valence-corrected chi connectivity index (χ2v) is 5.35. The average Bonchev–Trinajstić information content (AvgIpc) is 2.96. The molecule has 0 spiro atoms. The second-order valence-electron chi connectivity index (χ2n) is 5.35. The Morgan fingerprint density at radius 1 is 1.07 bits per heavy atom. The van der Waals surface area contributed by atoms with Crippen LogP contribution >= 0.6 is 0 Å². The van der Waals surface area contributed by atoms with Crippen molar-refractivity contribution in [1.82, 2.24) is 0 Å². The van der Waals surface area contributed by atoms with Crippen molar-refractivity contribution < 1.29 is 0 Å². The van der Waals surface area contributed by atoms with Gasteiger partial charge in [-0.2, -0.15) is 0 Å². The summed E-state index contributed by atoms with van der Waals surface area (Å²) in [4.78, 5) is 0. The van der Waals surface area contributed by atoms with Crippen LogP contribution in [0.5, 0.6) is 0 Å². The maximum Gasteiger partial charge on any atom is 0.0196 e. The minimum Gasteiger partial charge on any atom is -0.325 e. The summed E-state index contributed by atoms with van der Waals surface area (Å²) in [5.41, 5.74) is 10.9. The Labute approximate surface area is 91.7 Å². The lowest BCUT2D eigenvalue weighted by molar-refractivity contribution is 0.661. The Hall–Kier alpha value is -0.820. The first-order chi connectivity index (χ1) is 7.25. The molecular formula is C14H19N. The molecular weight excluding hydrogens is 182 g/mol. The number of rotatable bonds is 2. The zero-order chi connectivity index (χ0) is 10.3. The number of benzene rings is 1. The van der Waals surface area contributed by atoms with E-state index in [2.05, 4.69) is 18.2 Å². The van der Waals surface area contributed by atoms with Gasteiger partial charge >= 0.3 is 0 Å². The highest BCUT2D eigenvalue weighted by molar-refractivity contribution is 5.35. The normalized spacial score (nSPS) is 22.2. The molecule has 2 aliphatic carbocycles. The molecule has 1 fully saturated rings. The summed E-state index contributed by atoms with van der Waals surface area (Å²) in [5, 5.41) is 0. The van der Waals surface area contributed by atoms with Crippen LogP contribution < -0.4 is 5.73 Å². The zero-order valence-corrected chi connectivity index (χ0v) is 9.26. The molecule has 15 heavy (non-hydrogen) atoms. The highest BCUT2D eigenvalue weighted by atomic mass is 14.8. The van der Waals surface area contributed by atoms with Gasteiger partial charge in [0.15, 0.2) is 0 Å². The number of hydrogen-bond acceptors (Lipinski definition) is 1. The third-order valence-electron chi connectivity index (χ3n) is 3.86. The van der Waals surface area contributed by atoms with E-state index in [4.69, 9.17) is 5.73 Å². The topological polar surface area (TPSA) is 26.0 Å². The zero-order valence-electron chi connectivity index (χ0n) is 9.26. The van der Waals surface area contributed by atoms with E-state index in [1.807, 2.05) is 0 Å². The first-order valence-electron chi connectivity index (χ1n) is 6.15. The molecule has 0 unspecified atom stereocenters. The fraction of sp³-hybridized carbons (Fsp3) is 0.571. The van der Waals surface area contributed by atoms with Gasteiger partial charge in [0.1, 0.15) is 0 Å². The van der Waals surface area contributed by atoms with Gasteiger partial charge in [0, 0.05) is 5.54 Å². The molecule has 2 N–H and O–H groups in total. The van der Waals surface area contributed by atoms with E-state index in [9.17, 15) is 0 Å². The number of aryl methyl sites for hydroxylation is 2. The van der Waals surface area contributed by atoms with Gasteiger partial charge in [0.25, 0.3) is 0 Å². The Morgan fingerprint density at radius 3 is 2.53 bits per heavy atom. The summed E-state index contributed by atoms with van der Waals surface area (Å²) in [6.07, 6.45) is 8.80. The van der Waals surface area contributed by atoms with E-state index in [1.165, 1.54) is 44.1 Å². The fourth-order valence-electron chi connectivity index (χ4n) is 2.64. The van der Waals surface area contributed by atoms with Crippen molar-refractivity contribution in [3.8, 4) is 0 Å². The molecule has 2 aliphatic rings. The van der Waals surface area contributed by atoms with E-state index >= 15 is 0 Å². The van der Waals surface area contributed by atoms with Crippen LogP contribution in [0.15, 0.2) is 18.2 Å². The smallest absolute Gasteiger partial charge is 0.0196 e. The third kappa shape index (κ3) is 1.93. The highest BCUT2D eigenvalue weighted by Gasteiger charge is 2.37. The molecule has 80 valence electrons. The summed E-state index contributed by atoms with van der Waals surface area (Å²) >= 11 is 0. The SMILES string of the molecule is NC1(Cc2ccc3c(c2)CCCC3)CC1. The van der Waals surface area contributed by atoms with Gasteiger partial charge in [0.2, 0.25) is 0 Å². The van der Waals surface area contributed by atoms with Crippen molar-refractivity contribution >= 4 is 0 Å². The van der Waals surface area contributed by atoms with Crippen LogP contribution in [0.4, 0.5) is 0 Å². The summed E-state index contributed by atoms with van der Waals surface area (Å²) in [7, 11) is 0. The minimum absolute atomic E-state index is 0.156. The lowest BCUT2D eigenvalue weighted by Gasteiger charge is -2.17. The molecule has 0 atom stereocenters. The van der Waals surface area contributed by atoms with Gasteiger partial charge in [-0.1, -0.05) is 18.2 Å². The van der Waals surface area contributed by atoms with Crippen LogP contribution in [0.25, 0.3) is 0 Å². The molecule has 1 aromatic carbocycles. The number of hydrogen-bond donors (Lipinski definition) is 1. The quantitative estimate of drug-likeness (QED) is 0.782. The Morgan fingerprint density at radius 2 is 1.80 bits per heavy atom. The van der Waals surface area contributed by atoms with E-state index in [-0.39, 0.29) is 5.54 Å². The van der Waals surface area contributed by atoms with Crippen molar-refractivity contribution in [2.45, 2.75) is 50.5 Å². The summed E-state index contributed by atoms with van der Waals surface area (Å²) in [5.74, 6) is 0. The Bertz CT molecular complexity index is 377. The van der Waals surface area contributed by atoms with Crippen LogP contribution in [0.1, 0.15) is 42.4 Å². The standard InChI is InChI=1S/C14H19N/c15-14(7-8-14)10-11-5-6-12-3-1-2-4-13(12)9-11/h5-6,9H,1-4,7-8,10,15H2. The molecule has 3 rings (SSSR count). The lowest BCUT2D eigenvalue weighted by Crippen LogP contribution is -2.24. The monoisotopic (exact) mass is 201 g/mol. The van der Waals surface area contributed by atoms with Crippen LogP contribution in [0, 0.1) is 0 Å². The Balaban J connectivity index is 1.84. The average molecular weight is 201 g/mol. The van der Waals surface area contributed by atoms with E-state index < -0.39 is 0 Å². The van der Waals surface area contributed by atoms with Crippen molar-refractivity contribution in [3.63, 3.8) is 0 Å². The molecule has 0 aromatic heterocycles. The third-order valence-corrected chi connectivity index (χ3v) is 3.86. The van der Waals surface area contributed by atoms with Gasteiger partial charge in [-0.05, 0) is 61.6 Å². The predicted octanol–water partition coefficient (Wildman–Crippen LogP) is 2.60. The summed E-state index contributed by atoms with van der Waals surface area (Å²) in [6.45, 7) is 0. The van der Waals surface area contributed by atoms with Gasteiger partial charge in [-0.15, -0.1) is 0 Å². The van der Waals surface area contributed by atoms with Crippen molar-refractivity contribution in [3.05, 3.63) is 34.9 Å². The fourth-order valence-corrected chi connectivity index (χ4v) is 2.64. The minimum atomic E-state index is 0.156. The van der Waals surface area contributed by atoms with Crippen LogP contribution in [-0.2, 0) is 19.3 Å². The highest BCUT2D eigenvalue weighted by Crippen LogP contribution is 2.36. The van der Waals surface area contributed by atoms with E-state index in [0.29, 0.717) is 0 Å². The molecule has 0 amide bonds. The first kappa shape index (κ1) is 9.41. The second kappa shape index (κ2) is 3.34. The molecule has 1 heteroatoms.